The fourth-order valence-electron chi connectivity index (χ4n) is 3.76. The Kier molecular flexibility index (Phi) is 7.70. The lowest BCUT2D eigenvalue weighted by atomic mass is 10.0. The Hall–Kier alpha value is -3.29. The van der Waals surface area contributed by atoms with Gasteiger partial charge in [-0.05, 0) is 61.2 Å². The van der Waals surface area contributed by atoms with Crippen LogP contribution in [-0.2, 0) is 11.3 Å². The van der Waals surface area contributed by atoms with Crippen molar-refractivity contribution < 1.29 is 13.9 Å². The van der Waals surface area contributed by atoms with E-state index in [-0.39, 0.29) is 18.5 Å². The number of aryl methyl sites for hydroxylation is 1. The lowest BCUT2D eigenvalue weighted by Gasteiger charge is -2.36. The average molecular weight is 428 g/mol. The molecule has 1 heterocycles. The number of rotatable bonds is 7. The van der Waals surface area contributed by atoms with Gasteiger partial charge in [0.2, 0.25) is 0 Å². The largest absolute Gasteiger partial charge is 0.484 e. The van der Waals surface area contributed by atoms with Crippen LogP contribution in [0.15, 0.2) is 47.5 Å². The fourth-order valence-corrected chi connectivity index (χ4v) is 3.76. The number of benzene rings is 2. The van der Waals surface area contributed by atoms with Crippen LogP contribution < -0.4 is 26.0 Å². The van der Waals surface area contributed by atoms with E-state index < -0.39 is 5.91 Å². The maximum atomic E-state index is 13.5. The van der Waals surface area contributed by atoms with Crippen LogP contribution in [0.3, 0.4) is 0 Å². The highest BCUT2D eigenvalue weighted by atomic mass is 19.1. The van der Waals surface area contributed by atoms with Crippen LogP contribution in [0.4, 0.5) is 10.1 Å². The van der Waals surface area contributed by atoms with Gasteiger partial charge in [-0.25, -0.2) is 4.39 Å². The summed E-state index contributed by atoms with van der Waals surface area (Å²) in [6.07, 6.45) is 2.08. The molecule has 0 aromatic heterocycles. The summed E-state index contributed by atoms with van der Waals surface area (Å²) in [5.41, 5.74) is 8.14. The van der Waals surface area contributed by atoms with Gasteiger partial charge in [-0.2, -0.15) is 0 Å². The number of hydrogen-bond donors (Lipinski definition) is 3. The molecule has 1 amide bonds. The van der Waals surface area contributed by atoms with Crippen molar-refractivity contribution in [2.45, 2.75) is 32.4 Å². The highest BCUT2D eigenvalue weighted by Crippen LogP contribution is 2.24. The Bertz CT molecular complexity index is 934. The predicted octanol–water partition coefficient (Wildman–Crippen LogP) is 2.33. The van der Waals surface area contributed by atoms with Gasteiger partial charge in [0.15, 0.2) is 12.6 Å². The third kappa shape index (κ3) is 6.60. The SMILES string of the molecule is CN=C(NCc1cccc(OCC(N)=O)c1)NC1CCCN(c2ccc(F)cc2C)C1. The Morgan fingerprint density at radius 2 is 2.16 bits per heavy atom. The van der Waals surface area contributed by atoms with Gasteiger partial charge in [-0.1, -0.05) is 12.1 Å². The first-order valence-corrected chi connectivity index (χ1v) is 10.4. The van der Waals surface area contributed by atoms with Gasteiger partial charge >= 0.3 is 0 Å². The molecule has 3 rings (SSSR count). The van der Waals surface area contributed by atoms with Gasteiger partial charge in [-0.15, -0.1) is 0 Å². The van der Waals surface area contributed by atoms with Gasteiger partial charge in [0.05, 0.1) is 0 Å². The van der Waals surface area contributed by atoms with E-state index in [1.54, 1.807) is 19.2 Å². The third-order valence-electron chi connectivity index (χ3n) is 5.22. The summed E-state index contributed by atoms with van der Waals surface area (Å²) in [4.78, 5) is 17.5. The minimum absolute atomic E-state index is 0.147. The molecule has 8 heteroatoms. The summed E-state index contributed by atoms with van der Waals surface area (Å²) in [6.45, 7) is 4.13. The van der Waals surface area contributed by atoms with E-state index >= 15 is 0 Å². The number of nitrogens with zero attached hydrogens (tertiary/aromatic N) is 2. The lowest BCUT2D eigenvalue weighted by Crippen LogP contribution is -2.51. The summed E-state index contributed by atoms with van der Waals surface area (Å²) in [7, 11) is 1.74. The molecule has 0 radical (unpaired) electrons. The molecular weight excluding hydrogens is 397 g/mol. The molecule has 2 aromatic rings. The zero-order valence-electron chi connectivity index (χ0n) is 18.0. The maximum absolute atomic E-state index is 13.5. The second kappa shape index (κ2) is 10.7. The van der Waals surface area contributed by atoms with Crippen LogP contribution in [0.2, 0.25) is 0 Å². The molecule has 2 aromatic carbocycles. The van der Waals surface area contributed by atoms with Crippen LogP contribution in [0, 0.1) is 12.7 Å². The number of piperidine rings is 1. The zero-order valence-corrected chi connectivity index (χ0v) is 18.0. The van der Waals surface area contributed by atoms with Crippen molar-refractivity contribution in [1.82, 2.24) is 10.6 Å². The van der Waals surface area contributed by atoms with Gasteiger partial charge < -0.3 is 26.0 Å². The van der Waals surface area contributed by atoms with Crippen molar-refractivity contribution in [3.63, 3.8) is 0 Å². The van der Waals surface area contributed by atoms with Gasteiger partial charge in [0.1, 0.15) is 11.6 Å². The van der Waals surface area contributed by atoms with Crippen molar-refractivity contribution in [2.75, 3.05) is 31.6 Å². The lowest BCUT2D eigenvalue weighted by molar-refractivity contribution is -0.119. The first kappa shape index (κ1) is 22.4. The highest BCUT2D eigenvalue weighted by Gasteiger charge is 2.22. The molecule has 166 valence electrons. The normalized spacial score (nSPS) is 16.7. The van der Waals surface area contributed by atoms with Crippen molar-refractivity contribution in [3.05, 3.63) is 59.4 Å². The van der Waals surface area contributed by atoms with E-state index in [1.807, 2.05) is 31.2 Å². The van der Waals surface area contributed by atoms with Crippen LogP contribution in [0.25, 0.3) is 0 Å². The number of carbonyl (C=O) groups is 1. The zero-order chi connectivity index (χ0) is 22.2. The van der Waals surface area contributed by atoms with E-state index in [9.17, 15) is 9.18 Å². The molecule has 31 heavy (non-hydrogen) atoms. The van der Waals surface area contributed by atoms with Gasteiger partial charge in [0, 0.05) is 38.4 Å². The van der Waals surface area contributed by atoms with Crippen LogP contribution in [-0.4, -0.2) is 44.7 Å². The second-order valence-corrected chi connectivity index (χ2v) is 7.69. The van der Waals surface area contributed by atoms with Crippen LogP contribution in [0.1, 0.15) is 24.0 Å². The molecule has 1 saturated heterocycles. The Morgan fingerprint density at radius 1 is 1.32 bits per heavy atom. The molecule has 4 N–H and O–H groups in total. The van der Waals surface area contributed by atoms with E-state index in [1.165, 1.54) is 6.07 Å². The fraction of sp³-hybridized carbons (Fsp3) is 0.391. The molecule has 1 aliphatic rings. The number of hydrogen-bond acceptors (Lipinski definition) is 4. The minimum Gasteiger partial charge on any atom is -0.484 e. The first-order chi connectivity index (χ1) is 14.9. The van der Waals surface area contributed by atoms with Gasteiger partial charge in [-0.3, -0.25) is 9.79 Å². The summed E-state index contributed by atoms with van der Waals surface area (Å²) in [5.74, 6) is 0.594. The second-order valence-electron chi connectivity index (χ2n) is 7.69. The summed E-state index contributed by atoms with van der Waals surface area (Å²) < 4.78 is 18.8. The monoisotopic (exact) mass is 427 g/mol. The Balaban J connectivity index is 1.55. The van der Waals surface area contributed by atoms with E-state index in [4.69, 9.17) is 10.5 Å². The predicted molar refractivity (Wildman–Crippen MR) is 121 cm³/mol. The topological polar surface area (TPSA) is 92.0 Å². The summed E-state index contributed by atoms with van der Waals surface area (Å²) in [5, 5.41) is 6.81. The molecule has 1 unspecified atom stereocenters. The summed E-state index contributed by atoms with van der Waals surface area (Å²) in [6, 6.07) is 12.7. The molecule has 1 fully saturated rings. The smallest absolute Gasteiger partial charge is 0.255 e. The van der Waals surface area contributed by atoms with Crippen LogP contribution >= 0.6 is 0 Å². The first-order valence-electron chi connectivity index (χ1n) is 10.4. The number of amides is 1. The molecule has 1 aliphatic heterocycles. The number of halogens is 1. The highest BCUT2D eigenvalue weighted by molar-refractivity contribution is 5.80. The van der Waals surface area contributed by atoms with E-state index in [0.29, 0.717) is 18.3 Å². The molecule has 0 saturated carbocycles. The average Bonchev–Trinajstić information content (AvgIpc) is 2.75. The molecule has 0 bridgehead atoms. The minimum atomic E-state index is -0.509. The van der Waals surface area contributed by atoms with E-state index in [2.05, 4.69) is 20.5 Å². The van der Waals surface area contributed by atoms with Crippen molar-refractivity contribution in [3.8, 4) is 5.75 Å². The molecule has 1 atom stereocenters. The summed E-state index contributed by atoms with van der Waals surface area (Å²) >= 11 is 0. The van der Waals surface area contributed by atoms with Crippen molar-refractivity contribution >= 4 is 17.6 Å². The number of ether oxygens (including phenoxy) is 1. The quantitative estimate of drug-likeness (QED) is 0.466. The van der Waals surface area contributed by atoms with Crippen molar-refractivity contribution in [2.24, 2.45) is 10.7 Å². The number of nitrogens with one attached hydrogen (secondary N) is 2. The number of carbonyl (C=O) groups excluding carboxylic acids is 1. The molecule has 0 spiro atoms. The standard InChI is InChI=1S/C23H30FN5O2/c1-16-11-18(24)8-9-21(16)29-10-4-6-19(14-29)28-23(26-2)27-13-17-5-3-7-20(12-17)31-15-22(25)30/h3,5,7-9,11-12,19H,4,6,10,13-15H2,1-2H3,(H2,25,30)(H2,26,27,28). The Labute approximate surface area is 182 Å². The number of guanidine groups is 1. The maximum Gasteiger partial charge on any atom is 0.255 e. The molecule has 7 nitrogen and oxygen atoms in total. The molecule has 0 aliphatic carbocycles. The Morgan fingerprint density at radius 3 is 2.90 bits per heavy atom. The number of primary amides is 1. The van der Waals surface area contributed by atoms with Gasteiger partial charge in [0.25, 0.3) is 5.91 Å². The van der Waals surface area contributed by atoms with Crippen LogP contribution in [0.5, 0.6) is 5.75 Å². The number of anilines is 1. The number of aliphatic imine (C=N–C) groups is 1. The third-order valence-corrected chi connectivity index (χ3v) is 5.22. The number of nitrogens with two attached hydrogens (primary N) is 1. The molecular formula is C23H30FN5O2. The van der Waals surface area contributed by atoms with E-state index in [0.717, 1.165) is 42.7 Å². The van der Waals surface area contributed by atoms with Crippen molar-refractivity contribution in [1.29, 1.82) is 0 Å².